The molecule has 2 aromatic heterocycles. The lowest BCUT2D eigenvalue weighted by Gasteiger charge is -2.19. The number of thiophene rings is 1. The minimum Gasteiger partial charge on any atom is -0.345 e. The van der Waals surface area contributed by atoms with Gasteiger partial charge in [-0.2, -0.15) is 0 Å². The van der Waals surface area contributed by atoms with Gasteiger partial charge in [0.2, 0.25) is 0 Å². The molecule has 0 saturated carbocycles. The van der Waals surface area contributed by atoms with Gasteiger partial charge in [0.05, 0.1) is 11.6 Å². The number of rotatable bonds is 3. The van der Waals surface area contributed by atoms with Crippen molar-refractivity contribution >= 4 is 17.2 Å². The minimum absolute atomic E-state index is 0.0238. The van der Waals surface area contributed by atoms with Gasteiger partial charge in [0.25, 0.3) is 5.91 Å². The van der Waals surface area contributed by atoms with Crippen molar-refractivity contribution < 1.29 is 4.79 Å². The molecule has 2 atom stereocenters. The zero-order valence-corrected chi connectivity index (χ0v) is 13.2. The molecule has 0 radical (unpaired) electrons. The Kier molecular flexibility index (Phi) is 4.06. The molecule has 3 nitrogen and oxygen atoms in total. The molecule has 0 aromatic carbocycles. The number of fused-ring (bicyclic) bond motifs is 1. The first-order valence-electron chi connectivity index (χ1n) is 7.45. The molecule has 2 unspecified atom stereocenters. The molecule has 0 saturated heterocycles. The normalized spacial score (nSPS) is 18.9. The van der Waals surface area contributed by atoms with Gasteiger partial charge in [-0.15, -0.1) is 11.3 Å². The molecule has 21 heavy (non-hydrogen) atoms. The van der Waals surface area contributed by atoms with E-state index in [1.807, 2.05) is 24.4 Å². The molecule has 1 amide bonds. The fraction of sp³-hybridized carbons (Fsp3) is 0.412. The first-order valence-corrected chi connectivity index (χ1v) is 8.33. The van der Waals surface area contributed by atoms with E-state index in [1.165, 1.54) is 16.9 Å². The van der Waals surface area contributed by atoms with E-state index in [9.17, 15) is 4.79 Å². The standard InChI is InChI=1S/C17H20N2OS/c1-11-5-6-14-15(10-21-16(14)8-11)17(20)19-12(2)13-4-3-7-18-9-13/h3-4,7,9-12H,5-6,8H2,1-2H3,(H,19,20). The summed E-state index contributed by atoms with van der Waals surface area (Å²) < 4.78 is 0. The van der Waals surface area contributed by atoms with Gasteiger partial charge in [0, 0.05) is 22.7 Å². The van der Waals surface area contributed by atoms with Crippen molar-refractivity contribution in [2.45, 2.75) is 39.2 Å². The molecule has 2 aromatic rings. The van der Waals surface area contributed by atoms with Gasteiger partial charge in [-0.25, -0.2) is 0 Å². The average Bonchev–Trinajstić information content (AvgIpc) is 2.91. The summed E-state index contributed by atoms with van der Waals surface area (Å²) >= 11 is 1.73. The van der Waals surface area contributed by atoms with Gasteiger partial charge in [-0.05, 0) is 49.3 Å². The third-order valence-corrected chi connectivity index (χ3v) is 5.23. The van der Waals surface area contributed by atoms with Crippen LogP contribution in [0.5, 0.6) is 0 Å². The van der Waals surface area contributed by atoms with Gasteiger partial charge in [0.15, 0.2) is 0 Å². The van der Waals surface area contributed by atoms with Crippen LogP contribution in [-0.4, -0.2) is 10.9 Å². The predicted molar refractivity (Wildman–Crippen MR) is 85.6 cm³/mol. The molecule has 3 rings (SSSR count). The molecular weight excluding hydrogens is 280 g/mol. The van der Waals surface area contributed by atoms with Crippen LogP contribution < -0.4 is 5.32 Å². The Labute approximate surface area is 129 Å². The molecule has 1 N–H and O–H groups in total. The number of hydrogen-bond donors (Lipinski definition) is 1. The Morgan fingerprint density at radius 3 is 3.14 bits per heavy atom. The van der Waals surface area contributed by atoms with Gasteiger partial charge in [0.1, 0.15) is 0 Å². The molecule has 0 aliphatic heterocycles. The highest BCUT2D eigenvalue weighted by atomic mass is 32.1. The van der Waals surface area contributed by atoms with E-state index in [4.69, 9.17) is 0 Å². The van der Waals surface area contributed by atoms with Gasteiger partial charge >= 0.3 is 0 Å². The molecule has 2 heterocycles. The summed E-state index contributed by atoms with van der Waals surface area (Å²) in [5.74, 6) is 0.778. The molecule has 1 aliphatic rings. The van der Waals surface area contributed by atoms with Gasteiger partial charge < -0.3 is 5.32 Å². The zero-order valence-electron chi connectivity index (χ0n) is 12.4. The highest BCUT2D eigenvalue weighted by Gasteiger charge is 2.23. The van der Waals surface area contributed by atoms with Crippen molar-refractivity contribution in [3.8, 4) is 0 Å². The fourth-order valence-corrected chi connectivity index (χ4v) is 4.10. The topological polar surface area (TPSA) is 42.0 Å². The second-order valence-corrected chi connectivity index (χ2v) is 6.84. The van der Waals surface area contributed by atoms with Crippen molar-refractivity contribution in [3.63, 3.8) is 0 Å². The third-order valence-electron chi connectivity index (χ3n) is 4.18. The average molecular weight is 300 g/mol. The Morgan fingerprint density at radius 1 is 1.52 bits per heavy atom. The summed E-state index contributed by atoms with van der Waals surface area (Å²) in [4.78, 5) is 18.0. The number of hydrogen-bond acceptors (Lipinski definition) is 3. The van der Waals surface area contributed by atoms with Crippen molar-refractivity contribution in [1.82, 2.24) is 10.3 Å². The van der Waals surface area contributed by atoms with Crippen LogP contribution in [0.25, 0.3) is 0 Å². The summed E-state index contributed by atoms with van der Waals surface area (Å²) in [7, 11) is 0. The highest BCUT2D eigenvalue weighted by Crippen LogP contribution is 2.33. The molecule has 110 valence electrons. The van der Waals surface area contributed by atoms with Crippen LogP contribution in [0.2, 0.25) is 0 Å². The number of carbonyl (C=O) groups is 1. The SMILES string of the molecule is CC1CCc2c(C(=O)NC(C)c3cccnc3)csc2C1. The number of nitrogens with one attached hydrogen (secondary N) is 1. The van der Waals surface area contributed by atoms with E-state index in [0.29, 0.717) is 0 Å². The third kappa shape index (κ3) is 3.00. The number of aromatic nitrogens is 1. The van der Waals surface area contributed by atoms with Crippen molar-refractivity contribution in [1.29, 1.82) is 0 Å². The molecular formula is C17H20N2OS. The van der Waals surface area contributed by atoms with E-state index < -0.39 is 0 Å². The summed E-state index contributed by atoms with van der Waals surface area (Å²) in [5, 5.41) is 5.11. The first kappa shape index (κ1) is 14.3. The van der Waals surface area contributed by atoms with E-state index in [2.05, 4.69) is 17.2 Å². The Hall–Kier alpha value is -1.68. The quantitative estimate of drug-likeness (QED) is 0.938. The zero-order chi connectivity index (χ0) is 14.8. The summed E-state index contributed by atoms with van der Waals surface area (Å²) in [6.07, 6.45) is 6.88. The van der Waals surface area contributed by atoms with Crippen LogP contribution in [0.15, 0.2) is 29.9 Å². The van der Waals surface area contributed by atoms with Crippen LogP contribution in [0, 0.1) is 5.92 Å². The van der Waals surface area contributed by atoms with E-state index in [1.54, 1.807) is 23.7 Å². The smallest absolute Gasteiger partial charge is 0.252 e. The Bertz CT molecular complexity index is 635. The molecule has 0 bridgehead atoms. The maximum atomic E-state index is 12.5. The Morgan fingerprint density at radius 2 is 2.38 bits per heavy atom. The van der Waals surface area contributed by atoms with E-state index in [0.717, 1.165) is 29.9 Å². The lowest BCUT2D eigenvalue weighted by atomic mass is 9.88. The van der Waals surface area contributed by atoms with E-state index >= 15 is 0 Å². The van der Waals surface area contributed by atoms with Crippen LogP contribution in [0.3, 0.4) is 0 Å². The van der Waals surface area contributed by atoms with E-state index in [-0.39, 0.29) is 11.9 Å². The second kappa shape index (κ2) is 5.98. The summed E-state index contributed by atoms with van der Waals surface area (Å²) in [6, 6.07) is 3.86. The fourth-order valence-electron chi connectivity index (χ4n) is 2.86. The number of carbonyl (C=O) groups excluding carboxylic acids is 1. The van der Waals surface area contributed by atoms with Crippen molar-refractivity contribution in [2.75, 3.05) is 0 Å². The lowest BCUT2D eigenvalue weighted by molar-refractivity contribution is 0.0939. The minimum atomic E-state index is -0.0238. The first-order chi connectivity index (χ1) is 10.1. The maximum Gasteiger partial charge on any atom is 0.252 e. The predicted octanol–water partition coefficient (Wildman–Crippen LogP) is 3.76. The molecule has 1 aliphatic carbocycles. The maximum absolute atomic E-state index is 12.5. The van der Waals surface area contributed by atoms with Gasteiger partial charge in [-0.3, -0.25) is 9.78 Å². The molecule has 0 spiro atoms. The number of pyridine rings is 1. The van der Waals surface area contributed by atoms with Crippen molar-refractivity contribution in [2.24, 2.45) is 5.92 Å². The monoisotopic (exact) mass is 300 g/mol. The lowest BCUT2D eigenvalue weighted by Crippen LogP contribution is -2.27. The summed E-state index contributed by atoms with van der Waals surface area (Å²) in [5.41, 5.74) is 3.18. The summed E-state index contributed by atoms with van der Waals surface area (Å²) in [6.45, 7) is 4.28. The Balaban J connectivity index is 1.75. The van der Waals surface area contributed by atoms with Crippen LogP contribution >= 0.6 is 11.3 Å². The second-order valence-electron chi connectivity index (χ2n) is 5.88. The highest BCUT2D eigenvalue weighted by molar-refractivity contribution is 7.10. The van der Waals surface area contributed by atoms with Crippen LogP contribution in [-0.2, 0) is 12.8 Å². The van der Waals surface area contributed by atoms with Gasteiger partial charge in [-0.1, -0.05) is 13.0 Å². The molecule has 0 fully saturated rings. The van der Waals surface area contributed by atoms with Crippen LogP contribution in [0.1, 0.15) is 52.7 Å². The van der Waals surface area contributed by atoms with Crippen molar-refractivity contribution in [3.05, 3.63) is 51.5 Å². The number of nitrogens with zero attached hydrogens (tertiary/aromatic N) is 1. The largest absolute Gasteiger partial charge is 0.345 e. The number of amides is 1. The molecule has 4 heteroatoms. The van der Waals surface area contributed by atoms with Crippen LogP contribution in [0.4, 0.5) is 0 Å².